The fourth-order valence-corrected chi connectivity index (χ4v) is 3.43. The number of amides is 1. The van der Waals surface area contributed by atoms with E-state index < -0.39 is 5.60 Å². The van der Waals surface area contributed by atoms with E-state index in [1.165, 1.54) is 11.1 Å². The van der Waals surface area contributed by atoms with Crippen molar-refractivity contribution in [2.75, 3.05) is 0 Å². The molecule has 2 aliphatic rings. The molecule has 0 aliphatic carbocycles. The Labute approximate surface area is 136 Å². The third kappa shape index (κ3) is 3.14. The highest BCUT2D eigenvalue weighted by atomic mass is 35.5. The Balaban J connectivity index is 1.80. The van der Waals surface area contributed by atoms with Crippen LogP contribution in [-0.2, 0) is 4.74 Å². The minimum absolute atomic E-state index is 0.152. The normalized spacial score (nSPS) is 24.2. The van der Waals surface area contributed by atoms with Gasteiger partial charge in [-0.05, 0) is 63.3 Å². The zero-order valence-electron chi connectivity index (χ0n) is 13.3. The minimum atomic E-state index is -0.448. The Morgan fingerprint density at radius 1 is 1.23 bits per heavy atom. The summed E-state index contributed by atoms with van der Waals surface area (Å²) in [4.78, 5) is 14.3. The van der Waals surface area contributed by atoms with Crippen LogP contribution in [0.5, 0.6) is 0 Å². The Kier molecular flexibility index (Phi) is 3.94. The Morgan fingerprint density at radius 2 is 1.91 bits per heavy atom. The van der Waals surface area contributed by atoms with E-state index in [4.69, 9.17) is 16.3 Å². The second-order valence-corrected chi connectivity index (χ2v) is 7.53. The van der Waals surface area contributed by atoms with Crippen molar-refractivity contribution in [2.24, 2.45) is 0 Å². The van der Waals surface area contributed by atoms with Crippen molar-refractivity contribution in [2.45, 2.75) is 57.7 Å². The number of nitrogens with zero attached hydrogens (tertiary/aromatic N) is 1. The molecule has 1 aromatic carbocycles. The quantitative estimate of drug-likeness (QED) is 0.737. The average molecular weight is 320 g/mol. The van der Waals surface area contributed by atoms with Crippen LogP contribution >= 0.6 is 11.6 Å². The van der Waals surface area contributed by atoms with Gasteiger partial charge in [0.25, 0.3) is 0 Å². The lowest BCUT2D eigenvalue weighted by Crippen LogP contribution is -2.45. The summed E-state index contributed by atoms with van der Waals surface area (Å²) in [6.45, 7) is 5.73. The molecule has 4 heteroatoms. The highest BCUT2D eigenvalue weighted by Gasteiger charge is 2.41. The Hall–Kier alpha value is -1.48. The van der Waals surface area contributed by atoms with E-state index in [1.54, 1.807) is 0 Å². The molecule has 3 nitrogen and oxygen atoms in total. The molecule has 0 N–H and O–H groups in total. The maximum absolute atomic E-state index is 12.4. The first-order valence-corrected chi connectivity index (χ1v) is 8.19. The van der Waals surface area contributed by atoms with Gasteiger partial charge in [0.05, 0.1) is 6.04 Å². The molecule has 3 rings (SSSR count). The molecule has 1 saturated heterocycles. The molecule has 0 spiro atoms. The smallest absolute Gasteiger partial charge is 0.411 e. The molecule has 22 heavy (non-hydrogen) atoms. The summed E-state index contributed by atoms with van der Waals surface area (Å²) in [7, 11) is 0. The molecule has 0 aromatic heterocycles. The number of hydrogen-bond acceptors (Lipinski definition) is 2. The van der Waals surface area contributed by atoms with Gasteiger partial charge in [-0.3, -0.25) is 4.90 Å². The first-order chi connectivity index (χ1) is 10.3. The van der Waals surface area contributed by atoms with Crippen LogP contribution < -0.4 is 0 Å². The van der Waals surface area contributed by atoms with Crippen LogP contribution in [0.2, 0.25) is 5.02 Å². The van der Waals surface area contributed by atoms with Gasteiger partial charge in [-0.25, -0.2) is 4.79 Å². The molecule has 0 radical (unpaired) electrons. The predicted octanol–water partition coefficient (Wildman–Crippen LogP) is 4.90. The van der Waals surface area contributed by atoms with E-state index in [1.807, 2.05) is 37.8 Å². The van der Waals surface area contributed by atoms with Gasteiger partial charge in [-0.2, -0.15) is 0 Å². The molecule has 2 aliphatic heterocycles. The fourth-order valence-electron chi connectivity index (χ4n) is 3.31. The van der Waals surface area contributed by atoms with Crippen LogP contribution in [0.25, 0.3) is 5.57 Å². The van der Waals surface area contributed by atoms with E-state index in [0.717, 1.165) is 24.3 Å². The predicted molar refractivity (Wildman–Crippen MR) is 88.9 cm³/mol. The standard InChI is InChI=1S/C18H22ClNO2/c1-18(2,3)22-17(21)20-15-8-9-16(20)11-13(10-15)12-4-6-14(19)7-5-12/h4-7,10,15-16H,8-9,11H2,1-3H3. The van der Waals surface area contributed by atoms with Crippen molar-refractivity contribution in [1.82, 2.24) is 4.90 Å². The summed E-state index contributed by atoms with van der Waals surface area (Å²) in [5.41, 5.74) is 2.06. The van der Waals surface area contributed by atoms with E-state index in [0.29, 0.717) is 0 Å². The third-order valence-corrected chi connectivity index (χ3v) is 4.47. The number of halogens is 1. The molecular weight excluding hydrogens is 298 g/mol. The lowest BCUT2D eigenvalue weighted by atomic mass is 9.95. The number of carbonyl (C=O) groups excluding carboxylic acids is 1. The second kappa shape index (κ2) is 5.62. The zero-order chi connectivity index (χ0) is 15.9. The maximum atomic E-state index is 12.4. The third-order valence-electron chi connectivity index (χ3n) is 4.21. The summed E-state index contributed by atoms with van der Waals surface area (Å²) in [5.74, 6) is 0. The summed E-state index contributed by atoms with van der Waals surface area (Å²) in [6.07, 6.45) is 4.97. The van der Waals surface area contributed by atoms with Crippen LogP contribution in [0, 0.1) is 0 Å². The van der Waals surface area contributed by atoms with Gasteiger partial charge in [0, 0.05) is 11.1 Å². The molecule has 1 aromatic rings. The molecule has 2 atom stereocenters. The molecule has 2 unspecified atom stereocenters. The molecule has 2 bridgehead atoms. The molecular formula is C18H22ClNO2. The number of benzene rings is 1. The van der Waals surface area contributed by atoms with Crippen molar-refractivity contribution in [1.29, 1.82) is 0 Å². The van der Waals surface area contributed by atoms with Gasteiger partial charge >= 0.3 is 6.09 Å². The van der Waals surface area contributed by atoms with E-state index in [2.05, 4.69) is 18.2 Å². The van der Waals surface area contributed by atoms with E-state index in [-0.39, 0.29) is 18.2 Å². The van der Waals surface area contributed by atoms with Crippen molar-refractivity contribution >= 4 is 23.3 Å². The van der Waals surface area contributed by atoms with Gasteiger partial charge in [0.1, 0.15) is 5.60 Å². The van der Waals surface area contributed by atoms with Gasteiger partial charge in [-0.15, -0.1) is 0 Å². The largest absolute Gasteiger partial charge is 0.444 e. The van der Waals surface area contributed by atoms with Gasteiger partial charge in [0.15, 0.2) is 0 Å². The highest BCUT2D eigenvalue weighted by molar-refractivity contribution is 6.30. The number of fused-ring (bicyclic) bond motifs is 2. The monoisotopic (exact) mass is 319 g/mol. The van der Waals surface area contributed by atoms with Crippen LogP contribution in [0.4, 0.5) is 4.79 Å². The molecule has 1 amide bonds. The lowest BCUT2D eigenvalue weighted by Gasteiger charge is -2.35. The molecule has 2 heterocycles. The van der Waals surface area contributed by atoms with Crippen molar-refractivity contribution in [3.05, 3.63) is 40.9 Å². The van der Waals surface area contributed by atoms with Gasteiger partial charge in [-0.1, -0.05) is 29.8 Å². The van der Waals surface area contributed by atoms with Crippen molar-refractivity contribution < 1.29 is 9.53 Å². The highest BCUT2D eigenvalue weighted by Crippen LogP contribution is 2.39. The number of ether oxygens (including phenoxy) is 1. The van der Waals surface area contributed by atoms with Crippen LogP contribution in [-0.4, -0.2) is 28.7 Å². The second-order valence-electron chi connectivity index (χ2n) is 7.09. The first kappa shape index (κ1) is 15.4. The zero-order valence-corrected chi connectivity index (χ0v) is 14.1. The first-order valence-electron chi connectivity index (χ1n) is 7.81. The summed E-state index contributed by atoms with van der Waals surface area (Å²) in [6, 6.07) is 8.34. The summed E-state index contributed by atoms with van der Waals surface area (Å²) in [5, 5.41) is 0.749. The topological polar surface area (TPSA) is 29.5 Å². The summed E-state index contributed by atoms with van der Waals surface area (Å²) < 4.78 is 5.55. The fraction of sp³-hybridized carbons (Fsp3) is 0.500. The Bertz CT molecular complexity index is 601. The molecule has 0 saturated carbocycles. The van der Waals surface area contributed by atoms with Crippen molar-refractivity contribution in [3.63, 3.8) is 0 Å². The van der Waals surface area contributed by atoms with Crippen LogP contribution in [0.1, 0.15) is 45.6 Å². The average Bonchev–Trinajstić information content (AvgIpc) is 2.69. The molecule has 1 fully saturated rings. The van der Waals surface area contributed by atoms with E-state index in [9.17, 15) is 4.79 Å². The molecule has 118 valence electrons. The summed E-state index contributed by atoms with van der Waals surface area (Å²) >= 11 is 5.96. The van der Waals surface area contributed by atoms with Crippen LogP contribution in [0.3, 0.4) is 0 Å². The van der Waals surface area contributed by atoms with Gasteiger partial charge < -0.3 is 4.74 Å². The van der Waals surface area contributed by atoms with Crippen molar-refractivity contribution in [3.8, 4) is 0 Å². The minimum Gasteiger partial charge on any atom is -0.444 e. The Morgan fingerprint density at radius 3 is 2.50 bits per heavy atom. The number of carbonyl (C=O) groups is 1. The van der Waals surface area contributed by atoms with Gasteiger partial charge in [0.2, 0.25) is 0 Å². The SMILES string of the molecule is CC(C)(C)OC(=O)N1C2C=C(c3ccc(Cl)cc3)CC1CC2. The number of rotatable bonds is 1. The van der Waals surface area contributed by atoms with Crippen LogP contribution in [0.15, 0.2) is 30.3 Å². The number of hydrogen-bond donors (Lipinski definition) is 0. The maximum Gasteiger partial charge on any atom is 0.411 e. The van der Waals surface area contributed by atoms with E-state index >= 15 is 0 Å². The lowest BCUT2D eigenvalue weighted by molar-refractivity contribution is 0.0175.